The molecular weight excluding hydrogens is 178 g/mol. The molecule has 1 unspecified atom stereocenters. The summed E-state index contributed by atoms with van der Waals surface area (Å²) in [5.41, 5.74) is 6.75. The predicted molar refractivity (Wildman–Crippen MR) is 55.8 cm³/mol. The fourth-order valence-electron chi connectivity index (χ4n) is 1.46. The van der Waals surface area contributed by atoms with Gasteiger partial charge in [-0.05, 0) is 20.8 Å². The van der Waals surface area contributed by atoms with Crippen LogP contribution in [0.15, 0.2) is 12.4 Å². The molecule has 0 aliphatic rings. The molecule has 1 atom stereocenters. The van der Waals surface area contributed by atoms with Crippen LogP contribution in [-0.2, 0) is 11.8 Å². The summed E-state index contributed by atoms with van der Waals surface area (Å²) < 4.78 is 7.34. The second kappa shape index (κ2) is 4.11. The fraction of sp³-hybridized carbons (Fsp3) is 0.700. The zero-order chi connectivity index (χ0) is 10.8. The smallest absolute Gasteiger partial charge is 0.0819 e. The molecule has 1 heterocycles. The minimum atomic E-state index is -0.349. The molecule has 0 bridgehead atoms. The van der Waals surface area contributed by atoms with Gasteiger partial charge in [0.15, 0.2) is 0 Å². The fourth-order valence-corrected chi connectivity index (χ4v) is 1.46. The van der Waals surface area contributed by atoms with Gasteiger partial charge in [0, 0.05) is 25.4 Å². The van der Waals surface area contributed by atoms with Gasteiger partial charge in [0.2, 0.25) is 0 Å². The molecule has 0 aromatic carbocycles. The van der Waals surface area contributed by atoms with Gasteiger partial charge in [-0.25, -0.2) is 0 Å². The Morgan fingerprint density at radius 1 is 1.64 bits per heavy atom. The van der Waals surface area contributed by atoms with Crippen molar-refractivity contribution in [1.29, 1.82) is 0 Å². The number of hydrogen-bond acceptors (Lipinski definition) is 3. The van der Waals surface area contributed by atoms with Crippen LogP contribution in [0.1, 0.15) is 32.4 Å². The first kappa shape index (κ1) is 11.2. The van der Waals surface area contributed by atoms with Crippen molar-refractivity contribution < 1.29 is 4.74 Å². The summed E-state index contributed by atoms with van der Waals surface area (Å²) in [6.45, 7) is 6.63. The van der Waals surface area contributed by atoms with Crippen LogP contribution in [0.25, 0.3) is 0 Å². The maximum atomic E-state index is 6.09. The van der Waals surface area contributed by atoms with Gasteiger partial charge in [-0.1, -0.05) is 0 Å². The van der Waals surface area contributed by atoms with Gasteiger partial charge in [-0.15, -0.1) is 0 Å². The minimum Gasteiger partial charge on any atom is -0.374 e. The number of aromatic nitrogens is 2. The van der Waals surface area contributed by atoms with Crippen molar-refractivity contribution in [3.05, 3.63) is 18.0 Å². The lowest BCUT2D eigenvalue weighted by atomic mass is 9.95. The molecule has 4 heteroatoms. The molecular formula is C10H19N3O. The summed E-state index contributed by atoms with van der Waals surface area (Å²) in [5, 5.41) is 4.09. The van der Waals surface area contributed by atoms with Crippen LogP contribution in [-0.4, -0.2) is 22.0 Å². The van der Waals surface area contributed by atoms with E-state index in [2.05, 4.69) is 5.10 Å². The van der Waals surface area contributed by atoms with Gasteiger partial charge in [-0.2, -0.15) is 5.10 Å². The molecule has 14 heavy (non-hydrogen) atoms. The molecule has 80 valence electrons. The molecule has 0 aliphatic carbocycles. The molecule has 0 spiro atoms. The zero-order valence-corrected chi connectivity index (χ0v) is 9.32. The Kier molecular flexibility index (Phi) is 3.29. The summed E-state index contributed by atoms with van der Waals surface area (Å²) >= 11 is 0. The molecule has 4 nitrogen and oxygen atoms in total. The van der Waals surface area contributed by atoms with Gasteiger partial charge in [0.05, 0.1) is 17.8 Å². The van der Waals surface area contributed by atoms with E-state index in [9.17, 15) is 0 Å². The van der Waals surface area contributed by atoms with Crippen molar-refractivity contribution in [2.75, 3.05) is 6.61 Å². The lowest BCUT2D eigenvalue weighted by Crippen LogP contribution is -2.38. The number of nitrogens with zero attached hydrogens (tertiary/aromatic N) is 2. The van der Waals surface area contributed by atoms with E-state index < -0.39 is 0 Å². The molecule has 1 aromatic heterocycles. The molecule has 1 aromatic rings. The van der Waals surface area contributed by atoms with E-state index in [1.54, 1.807) is 10.9 Å². The molecule has 1 rings (SSSR count). The van der Waals surface area contributed by atoms with E-state index >= 15 is 0 Å². The highest BCUT2D eigenvalue weighted by atomic mass is 16.5. The van der Waals surface area contributed by atoms with Crippen LogP contribution >= 0.6 is 0 Å². The highest BCUT2D eigenvalue weighted by Crippen LogP contribution is 2.25. The number of rotatable bonds is 4. The second-order valence-electron chi connectivity index (χ2n) is 3.96. The first-order valence-electron chi connectivity index (χ1n) is 4.85. The Morgan fingerprint density at radius 3 is 2.71 bits per heavy atom. The van der Waals surface area contributed by atoms with Crippen LogP contribution in [0.5, 0.6) is 0 Å². The highest BCUT2D eigenvalue weighted by Gasteiger charge is 2.28. The van der Waals surface area contributed by atoms with Crippen LogP contribution < -0.4 is 5.73 Å². The lowest BCUT2D eigenvalue weighted by Gasteiger charge is -2.30. The Balaban J connectivity index is 2.78. The standard InChI is InChI=1S/C10H19N3O/c1-5-14-10(2,3)9(11)8-6-12-13(4)7-8/h6-7,9H,5,11H2,1-4H3. The molecule has 0 fully saturated rings. The van der Waals surface area contributed by atoms with E-state index in [1.807, 2.05) is 34.0 Å². The van der Waals surface area contributed by atoms with E-state index in [4.69, 9.17) is 10.5 Å². The van der Waals surface area contributed by atoms with Crippen molar-refractivity contribution >= 4 is 0 Å². The van der Waals surface area contributed by atoms with Gasteiger partial charge < -0.3 is 10.5 Å². The van der Waals surface area contributed by atoms with Crippen LogP contribution in [0, 0.1) is 0 Å². The van der Waals surface area contributed by atoms with E-state index in [0.717, 1.165) is 5.56 Å². The van der Waals surface area contributed by atoms with Crippen LogP contribution in [0.3, 0.4) is 0 Å². The van der Waals surface area contributed by atoms with Gasteiger partial charge in [-0.3, -0.25) is 4.68 Å². The number of aryl methyl sites for hydroxylation is 1. The first-order valence-corrected chi connectivity index (χ1v) is 4.85. The van der Waals surface area contributed by atoms with Crippen molar-refractivity contribution in [2.45, 2.75) is 32.4 Å². The van der Waals surface area contributed by atoms with E-state index in [-0.39, 0.29) is 11.6 Å². The molecule has 0 amide bonds. The molecule has 2 N–H and O–H groups in total. The van der Waals surface area contributed by atoms with Crippen molar-refractivity contribution in [3.8, 4) is 0 Å². The van der Waals surface area contributed by atoms with Gasteiger partial charge in [0.25, 0.3) is 0 Å². The SMILES string of the molecule is CCOC(C)(C)C(N)c1cnn(C)c1. The van der Waals surface area contributed by atoms with Crippen LogP contribution in [0.4, 0.5) is 0 Å². The zero-order valence-electron chi connectivity index (χ0n) is 9.32. The van der Waals surface area contributed by atoms with Gasteiger partial charge >= 0.3 is 0 Å². The monoisotopic (exact) mass is 197 g/mol. The molecule has 0 saturated carbocycles. The summed E-state index contributed by atoms with van der Waals surface area (Å²) in [6.07, 6.45) is 3.71. The number of ether oxygens (including phenoxy) is 1. The van der Waals surface area contributed by atoms with Crippen molar-refractivity contribution in [2.24, 2.45) is 12.8 Å². The van der Waals surface area contributed by atoms with Crippen molar-refractivity contribution in [3.63, 3.8) is 0 Å². The normalized spacial score (nSPS) is 14.4. The summed E-state index contributed by atoms with van der Waals surface area (Å²) in [7, 11) is 1.88. The quantitative estimate of drug-likeness (QED) is 0.790. The largest absolute Gasteiger partial charge is 0.374 e. The number of nitrogens with two attached hydrogens (primary N) is 1. The van der Waals surface area contributed by atoms with E-state index in [0.29, 0.717) is 6.61 Å². The van der Waals surface area contributed by atoms with Crippen LogP contribution in [0.2, 0.25) is 0 Å². The Hall–Kier alpha value is -0.870. The van der Waals surface area contributed by atoms with E-state index in [1.165, 1.54) is 0 Å². The summed E-state index contributed by atoms with van der Waals surface area (Å²) in [4.78, 5) is 0. The predicted octanol–water partition coefficient (Wildman–Crippen LogP) is 1.23. The maximum absolute atomic E-state index is 6.09. The Labute approximate surface area is 85.0 Å². The van der Waals surface area contributed by atoms with Crippen molar-refractivity contribution in [1.82, 2.24) is 9.78 Å². The molecule has 0 saturated heterocycles. The third-order valence-corrected chi connectivity index (χ3v) is 2.35. The number of hydrogen-bond donors (Lipinski definition) is 1. The average Bonchev–Trinajstić information content (AvgIpc) is 2.50. The maximum Gasteiger partial charge on any atom is 0.0819 e. The second-order valence-corrected chi connectivity index (χ2v) is 3.96. The lowest BCUT2D eigenvalue weighted by molar-refractivity contribution is -0.0298. The third-order valence-electron chi connectivity index (χ3n) is 2.35. The summed E-state index contributed by atoms with van der Waals surface area (Å²) in [6, 6.07) is -0.142. The van der Waals surface area contributed by atoms with Gasteiger partial charge in [0.1, 0.15) is 0 Å². The first-order chi connectivity index (χ1) is 6.47. The minimum absolute atomic E-state index is 0.142. The summed E-state index contributed by atoms with van der Waals surface area (Å²) in [5.74, 6) is 0. The third kappa shape index (κ3) is 2.33. The molecule has 0 radical (unpaired) electrons. The topological polar surface area (TPSA) is 53.1 Å². The highest BCUT2D eigenvalue weighted by molar-refractivity contribution is 5.13. The average molecular weight is 197 g/mol. The Morgan fingerprint density at radius 2 is 2.29 bits per heavy atom. The molecule has 0 aliphatic heterocycles. The Bertz CT molecular complexity index is 293.